The highest BCUT2D eigenvalue weighted by Crippen LogP contribution is 2.14. The van der Waals surface area contributed by atoms with Crippen molar-refractivity contribution in [1.82, 2.24) is 25.4 Å². The van der Waals surface area contributed by atoms with Crippen LogP contribution < -0.4 is 10.6 Å². The largest absolute Gasteiger partial charge is 0.376 e. The topological polar surface area (TPSA) is 76.4 Å². The van der Waals surface area contributed by atoms with Gasteiger partial charge in [-0.05, 0) is 31.2 Å². The summed E-state index contributed by atoms with van der Waals surface area (Å²) in [5, 5.41) is 15.5. The van der Waals surface area contributed by atoms with E-state index in [9.17, 15) is 0 Å². The van der Waals surface area contributed by atoms with E-state index >= 15 is 0 Å². The van der Waals surface area contributed by atoms with E-state index in [1.807, 2.05) is 18.2 Å². The molecule has 0 bridgehead atoms. The first kappa shape index (κ1) is 21.3. The van der Waals surface area contributed by atoms with Crippen molar-refractivity contribution in [2.24, 2.45) is 10.9 Å². The number of benzene rings is 1. The van der Waals surface area contributed by atoms with Crippen LogP contribution in [0.5, 0.6) is 0 Å². The van der Waals surface area contributed by atoms with Crippen LogP contribution in [0.1, 0.15) is 50.3 Å². The Labute approximate surface area is 174 Å². The number of fused-ring (bicyclic) bond motifs is 1. The molecule has 2 N–H and O–H groups in total. The third-order valence-electron chi connectivity index (χ3n) is 5.04. The first-order chi connectivity index (χ1) is 14.3. The Bertz CT molecular complexity index is 758. The van der Waals surface area contributed by atoms with Crippen molar-refractivity contribution in [2.75, 3.05) is 19.7 Å². The van der Waals surface area contributed by atoms with Crippen LogP contribution in [-0.2, 0) is 30.9 Å². The SMILES string of the molecule is CCNC(=NCc1nnc2n1CCCCC2)NCC(C)COCc1ccccc1. The second kappa shape index (κ2) is 11.6. The number of ether oxygens (including phenoxy) is 1. The molecule has 1 aromatic carbocycles. The number of aryl methyl sites for hydroxylation is 1. The summed E-state index contributed by atoms with van der Waals surface area (Å²) in [5.74, 6) is 3.26. The summed E-state index contributed by atoms with van der Waals surface area (Å²) in [5.41, 5.74) is 1.20. The number of hydrogen-bond acceptors (Lipinski definition) is 4. The van der Waals surface area contributed by atoms with Crippen LogP contribution in [0, 0.1) is 5.92 Å². The van der Waals surface area contributed by atoms with Crippen LogP contribution in [0.3, 0.4) is 0 Å². The predicted octanol–water partition coefficient (Wildman–Crippen LogP) is 2.91. The van der Waals surface area contributed by atoms with Crippen LogP contribution in [0.4, 0.5) is 0 Å². The molecule has 1 atom stereocenters. The lowest BCUT2D eigenvalue weighted by atomic mass is 10.2. The molecule has 1 aromatic heterocycles. The third-order valence-corrected chi connectivity index (χ3v) is 5.04. The number of guanidine groups is 1. The number of aromatic nitrogens is 3. The fourth-order valence-corrected chi connectivity index (χ4v) is 3.44. The van der Waals surface area contributed by atoms with Gasteiger partial charge in [0.05, 0.1) is 13.2 Å². The lowest BCUT2D eigenvalue weighted by Gasteiger charge is -2.16. The highest BCUT2D eigenvalue weighted by molar-refractivity contribution is 5.79. The molecule has 7 nitrogen and oxygen atoms in total. The third kappa shape index (κ3) is 6.85. The molecule has 0 saturated carbocycles. The lowest BCUT2D eigenvalue weighted by Crippen LogP contribution is -2.40. The van der Waals surface area contributed by atoms with Gasteiger partial charge in [-0.1, -0.05) is 43.7 Å². The number of nitrogens with zero attached hydrogens (tertiary/aromatic N) is 4. The van der Waals surface area contributed by atoms with Crippen LogP contribution in [0.15, 0.2) is 35.3 Å². The normalized spacial score (nSPS) is 15.4. The summed E-state index contributed by atoms with van der Waals surface area (Å²) in [6.07, 6.45) is 4.69. The molecule has 158 valence electrons. The second-order valence-electron chi connectivity index (χ2n) is 7.68. The molecule has 1 unspecified atom stereocenters. The van der Waals surface area contributed by atoms with Gasteiger partial charge in [0, 0.05) is 26.1 Å². The second-order valence-corrected chi connectivity index (χ2v) is 7.68. The Balaban J connectivity index is 1.46. The van der Waals surface area contributed by atoms with Gasteiger partial charge in [-0.25, -0.2) is 4.99 Å². The monoisotopic (exact) mass is 398 g/mol. The average molecular weight is 399 g/mol. The van der Waals surface area contributed by atoms with Crippen molar-refractivity contribution in [3.05, 3.63) is 47.5 Å². The number of hydrogen-bond donors (Lipinski definition) is 2. The minimum absolute atomic E-state index is 0.381. The summed E-state index contributed by atoms with van der Waals surface area (Å²) < 4.78 is 8.09. The minimum atomic E-state index is 0.381. The molecule has 29 heavy (non-hydrogen) atoms. The zero-order valence-electron chi connectivity index (χ0n) is 17.7. The van der Waals surface area contributed by atoms with E-state index in [4.69, 9.17) is 9.73 Å². The Morgan fingerprint density at radius 1 is 1.17 bits per heavy atom. The van der Waals surface area contributed by atoms with Gasteiger partial charge in [-0.2, -0.15) is 0 Å². The number of aliphatic imine (C=N–C) groups is 1. The van der Waals surface area contributed by atoms with E-state index < -0.39 is 0 Å². The predicted molar refractivity (Wildman–Crippen MR) is 116 cm³/mol. The molecule has 0 fully saturated rings. The Morgan fingerprint density at radius 2 is 2.03 bits per heavy atom. The summed E-state index contributed by atoms with van der Waals surface area (Å²) in [4.78, 5) is 4.72. The van der Waals surface area contributed by atoms with Crippen molar-refractivity contribution >= 4 is 5.96 Å². The zero-order valence-corrected chi connectivity index (χ0v) is 17.7. The maximum Gasteiger partial charge on any atom is 0.191 e. The molecule has 3 rings (SSSR count). The molecule has 1 aliphatic rings. The maximum atomic E-state index is 5.84. The molecule has 1 aliphatic heterocycles. The molecule has 7 heteroatoms. The van der Waals surface area contributed by atoms with Crippen LogP contribution >= 0.6 is 0 Å². The van der Waals surface area contributed by atoms with Crippen molar-refractivity contribution in [1.29, 1.82) is 0 Å². The van der Waals surface area contributed by atoms with Gasteiger partial charge in [0.15, 0.2) is 11.8 Å². The van der Waals surface area contributed by atoms with Crippen LogP contribution in [0.2, 0.25) is 0 Å². The van der Waals surface area contributed by atoms with Crippen LogP contribution in [-0.4, -0.2) is 40.4 Å². The average Bonchev–Trinajstić information content (AvgIpc) is 2.97. The molecule has 0 amide bonds. The maximum absolute atomic E-state index is 5.84. The quantitative estimate of drug-likeness (QED) is 0.502. The molecule has 2 heterocycles. The first-order valence-corrected chi connectivity index (χ1v) is 10.8. The Kier molecular flexibility index (Phi) is 8.49. The van der Waals surface area contributed by atoms with E-state index in [0.717, 1.165) is 43.7 Å². The highest BCUT2D eigenvalue weighted by Gasteiger charge is 2.14. The van der Waals surface area contributed by atoms with Crippen molar-refractivity contribution in [3.8, 4) is 0 Å². The zero-order chi connectivity index (χ0) is 20.3. The minimum Gasteiger partial charge on any atom is -0.376 e. The summed E-state index contributed by atoms with van der Waals surface area (Å²) in [6.45, 7) is 8.79. The van der Waals surface area contributed by atoms with Crippen molar-refractivity contribution in [3.63, 3.8) is 0 Å². The van der Waals surface area contributed by atoms with Gasteiger partial charge >= 0.3 is 0 Å². The van der Waals surface area contributed by atoms with Gasteiger partial charge in [-0.3, -0.25) is 0 Å². The van der Waals surface area contributed by atoms with E-state index in [2.05, 4.69) is 51.4 Å². The van der Waals surface area contributed by atoms with Gasteiger partial charge < -0.3 is 19.9 Å². The number of rotatable bonds is 9. The molecule has 0 spiro atoms. The molecule has 0 aliphatic carbocycles. The van der Waals surface area contributed by atoms with Crippen molar-refractivity contribution in [2.45, 2.75) is 59.2 Å². The van der Waals surface area contributed by atoms with Gasteiger partial charge in [0.2, 0.25) is 0 Å². The standard InChI is InChI=1S/C22H34N6O/c1-3-23-22(24-14-18(2)16-29-17-19-10-6-4-7-11-19)25-15-21-27-26-20-12-8-5-9-13-28(20)21/h4,6-7,10-11,18H,3,5,8-9,12-17H2,1-2H3,(H2,23,24,25). The Morgan fingerprint density at radius 3 is 2.86 bits per heavy atom. The summed E-state index contributed by atoms with van der Waals surface area (Å²) in [6, 6.07) is 10.3. The first-order valence-electron chi connectivity index (χ1n) is 10.8. The lowest BCUT2D eigenvalue weighted by molar-refractivity contribution is 0.0931. The fraction of sp³-hybridized carbons (Fsp3) is 0.591. The van der Waals surface area contributed by atoms with E-state index in [-0.39, 0.29) is 0 Å². The van der Waals surface area contributed by atoms with Gasteiger partial charge in [0.1, 0.15) is 12.4 Å². The molecule has 0 radical (unpaired) electrons. The fourth-order valence-electron chi connectivity index (χ4n) is 3.44. The summed E-state index contributed by atoms with van der Waals surface area (Å²) >= 11 is 0. The van der Waals surface area contributed by atoms with Gasteiger partial charge in [0.25, 0.3) is 0 Å². The van der Waals surface area contributed by atoms with Crippen LogP contribution in [0.25, 0.3) is 0 Å². The molecular formula is C22H34N6O. The van der Waals surface area contributed by atoms with E-state index in [1.165, 1.54) is 24.8 Å². The van der Waals surface area contributed by atoms with Crippen molar-refractivity contribution < 1.29 is 4.74 Å². The summed E-state index contributed by atoms with van der Waals surface area (Å²) in [7, 11) is 0. The highest BCUT2D eigenvalue weighted by atomic mass is 16.5. The van der Waals surface area contributed by atoms with Gasteiger partial charge in [-0.15, -0.1) is 10.2 Å². The van der Waals surface area contributed by atoms with E-state index in [1.54, 1.807) is 0 Å². The Hall–Kier alpha value is -2.41. The number of nitrogens with one attached hydrogen (secondary N) is 2. The molecule has 0 saturated heterocycles. The molecular weight excluding hydrogens is 364 g/mol. The van der Waals surface area contributed by atoms with E-state index in [0.29, 0.717) is 25.7 Å². The molecule has 2 aromatic rings. The smallest absolute Gasteiger partial charge is 0.191 e.